The normalized spacial score (nSPS) is 11.7. The Morgan fingerprint density at radius 3 is 2.77 bits per heavy atom. The Hall–Kier alpha value is -1.79. The highest BCUT2D eigenvalue weighted by molar-refractivity contribution is 5.50. The quantitative estimate of drug-likeness (QED) is 0.523. The number of nitrogens with zero attached hydrogens (tertiary/aromatic N) is 1. The van der Waals surface area contributed by atoms with Gasteiger partial charge >= 0.3 is 0 Å². The number of rotatable bonds is 2. The van der Waals surface area contributed by atoms with Crippen molar-refractivity contribution in [2.75, 3.05) is 5.73 Å². The van der Waals surface area contributed by atoms with E-state index in [9.17, 15) is 0 Å². The second kappa shape index (κ2) is 3.74. The molecule has 3 nitrogen and oxygen atoms in total. The van der Waals surface area contributed by atoms with E-state index in [1.807, 2.05) is 0 Å². The van der Waals surface area contributed by atoms with Gasteiger partial charge in [0, 0.05) is 11.7 Å². The van der Waals surface area contributed by atoms with E-state index in [1.54, 1.807) is 24.3 Å². The first-order chi connectivity index (χ1) is 6.19. The minimum absolute atomic E-state index is 0.335. The molecule has 0 bridgehead atoms. The molecule has 0 amide bonds. The van der Waals surface area contributed by atoms with Gasteiger partial charge in [0.05, 0.1) is 11.6 Å². The predicted molar refractivity (Wildman–Crippen MR) is 52.7 cm³/mol. The lowest BCUT2D eigenvalue weighted by Crippen LogP contribution is -2.09. The molecule has 13 heavy (non-hydrogen) atoms. The van der Waals surface area contributed by atoms with E-state index in [-0.39, 0.29) is 6.04 Å². The Bertz CT molecular complexity index is 363. The van der Waals surface area contributed by atoms with Crippen LogP contribution in [0.15, 0.2) is 30.9 Å². The Labute approximate surface area is 77.3 Å². The highest BCUT2D eigenvalue weighted by Crippen LogP contribution is 2.19. The summed E-state index contributed by atoms with van der Waals surface area (Å²) in [5.74, 6) is 0. The summed E-state index contributed by atoms with van der Waals surface area (Å²) in [6.45, 7) is 3.57. The van der Waals surface area contributed by atoms with Gasteiger partial charge in [0.25, 0.3) is 0 Å². The zero-order valence-corrected chi connectivity index (χ0v) is 7.20. The lowest BCUT2D eigenvalue weighted by Gasteiger charge is -2.09. The van der Waals surface area contributed by atoms with Crippen LogP contribution in [0.1, 0.15) is 17.2 Å². The zero-order valence-electron chi connectivity index (χ0n) is 7.20. The topological polar surface area (TPSA) is 75.8 Å². The van der Waals surface area contributed by atoms with E-state index in [2.05, 4.69) is 12.6 Å². The number of benzene rings is 1. The van der Waals surface area contributed by atoms with Crippen molar-refractivity contribution in [3.63, 3.8) is 0 Å². The van der Waals surface area contributed by atoms with Crippen LogP contribution in [0.3, 0.4) is 0 Å². The summed E-state index contributed by atoms with van der Waals surface area (Å²) in [5, 5.41) is 8.77. The van der Waals surface area contributed by atoms with Gasteiger partial charge in [-0.25, -0.2) is 0 Å². The Morgan fingerprint density at radius 1 is 1.54 bits per heavy atom. The van der Waals surface area contributed by atoms with E-state index in [0.717, 1.165) is 5.56 Å². The maximum Gasteiger partial charge on any atom is 0.0995 e. The Kier molecular flexibility index (Phi) is 2.68. The second-order valence-corrected chi connectivity index (χ2v) is 2.72. The largest absolute Gasteiger partial charge is 0.399 e. The summed E-state index contributed by atoms with van der Waals surface area (Å²) in [6.07, 6.45) is 1.58. The molecule has 0 aromatic heterocycles. The fourth-order valence-corrected chi connectivity index (χ4v) is 1.09. The molecule has 0 spiro atoms. The average Bonchev–Trinajstić information content (AvgIpc) is 2.16. The van der Waals surface area contributed by atoms with Gasteiger partial charge in [0.1, 0.15) is 0 Å². The summed E-state index contributed by atoms with van der Waals surface area (Å²) >= 11 is 0. The summed E-state index contributed by atoms with van der Waals surface area (Å²) in [6, 6.07) is 6.76. The molecule has 1 atom stereocenters. The molecule has 0 fully saturated rings. The van der Waals surface area contributed by atoms with Gasteiger partial charge in [-0.15, -0.1) is 6.58 Å². The molecule has 1 aromatic rings. The standard InChI is InChI=1S/C10H11N3/c1-2-10(13)9-5-8(12)4-3-7(9)6-11/h2-5,10H,1,12-13H2/t10-/m1/s1. The molecule has 0 aliphatic carbocycles. The van der Waals surface area contributed by atoms with Crippen LogP contribution in [0.2, 0.25) is 0 Å². The first kappa shape index (κ1) is 9.30. The molecule has 0 aliphatic heterocycles. The molecule has 0 unspecified atom stereocenters. The molecule has 0 aliphatic rings. The predicted octanol–water partition coefficient (Wildman–Crippen LogP) is 1.33. The highest BCUT2D eigenvalue weighted by Gasteiger charge is 2.07. The van der Waals surface area contributed by atoms with Crippen LogP contribution in [0.5, 0.6) is 0 Å². The summed E-state index contributed by atoms with van der Waals surface area (Å²) < 4.78 is 0. The summed E-state index contributed by atoms with van der Waals surface area (Å²) in [5.41, 5.74) is 13.2. The van der Waals surface area contributed by atoms with Crippen molar-refractivity contribution in [2.45, 2.75) is 6.04 Å². The third kappa shape index (κ3) is 1.86. The molecule has 0 heterocycles. The van der Waals surface area contributed by atoms with Crippen LogP contribution < -0.4 is 11.5 Å². The first-order valence-electron chi connectivity index (χ1n) is 3.86. The van der Waals surface area contributed by atoms with Gasteiger partial charge in [-0.1, -0.05) is 6.08 Å². The monoisotopic (exact) mass is 173 g/mol. The molecule has 4 N–H and O–H groups in total. The fourth-order valence-electron chi connectivity index (χ4n) is 1.09. The van der Waals surface area contributed by atoms with Crippen LogP contribution in [0, 0.1) is 11.3 Å². The van der Waals surface area contributed by atoms with Crippen LogP contribution in [-0.2, 0) is 0 Å². The van der Waals surface area contributed by atoms with Crippen molar-refractivity contribution in [3.8, 4) is 6.07 Å². The SMILES string of the molecule is C=C[C@@H](N)c1cc(N)ccc1C#N. The van der Waals surface area contributed by atoms with Gasteiger partial charge in [0.15, 0.2) is 0 Å². The minimum atomic E-state index is -0.335. The van der Waals surface area contributed by atoms with Crippen molar-refractivity contribution >= 4 is 5.69 Å². The van der Waals surface area contributed by atoms with Crippen molar-refractivity contribution in [1.82, 2.24) is 0 Å². The van der Waals surface area contributed by atoms with E-state index >= 15 is 0 Å². The Morgan fingerprint density at radius 2 is 2.23 bits per heavy atom. The van der Waals surface area contributed by atoms with Crippen molar-refractivity contribution in [2.24, 2.45) is 5.73 Å². The second-order valence-electron chi connectivity index (χ2n) is 2.72. The van der Waals surface area contributed by atoms with Gasteiger partial charge in [-0.2, -0.15) is 5.26 Å². The maximum absolute atomic E-state index is 8.77. The molecule has 1 rings (SSSR count). The molecule has 0 saturated carbocycles. The van der Waals surface area contributed by atoms with Gasteiger partial charge in [-0.05, 0) is 23.8 Å². The maximum atomic E-state index is 8.77. The number of nitrogens with two attached hydrogens (primary N) is 2. The summed E-state index contributed by atoms with van der Waals surface area (Å²) in [7, 11) is 0. The molecule has 3 heteroatoms. The van der Waals surface area contributed by atoms with Crippen LogP contribution in [0.4, 0.5) is 5.69 Å². The lowest BCUT2D eigenvalue weighted by atomic mass is 10.0. The number of nitriles is 1. The number of hydrogen-bond acceptors (Lipinski definition) is 3. The van der Waals surface area contributed by atoms with E-state index in [0.29, 0.717) is 11.3 Å². The first-order valence-corrected chi connectivity index (χ1v) is 3.86. The third-order valence-electron chi connectivity index (χ3n) is 1.81. The van der Waals surface area contributed by atoms with Crippen LogP contribution in [-0.4, -0.2) is 0 Å². The molecular weight excluding hydrogens is 162 g/mol. The van der Waals surface area contributed by atoms with Crippen molar-refractivity contribution in [1.29, 1.82) is 5.26 Å². The van der Waals surface area contributed by atoms with E-state index in [1.165, 1.54) is 0 Å². The Balaban J connectivity index is 3.25. The van der Waals surface area contributed by atoms with Crippen molar-refractivity contribution in [3.05, 3.63) is 42.0 Å². The van der Waals surface area contributed by atoms with Gasteiger partial charge in [-0.3, -0.25) is 0 Å². The fraction of sp³-hybridized carbons (Fsp3) is 0.100. The highest BCUT2D eigenvalue weighted by atomic mass is 14.6. The summed E-state index contributed by atoms with van der Waals surface area (Å²) in [4.78, 5) is 0. The van der Waals surface area contributed by atoms with Gasteiger partial charge in [0.2, 0.25) is 0 Å². The third-order valence-corrected chi connectivity index (χ3v) is 1.81. The van der Waals surface area contributed by atoms with Crippen LogP contribution >= 0.6 is 0 Å². The lowest BCUT2D eigenvalue weighted by molar-refractivity contribution is 0.910. The number of anilines is 1. The van der Waals surface area contributed by atoms with E-state index < -0.39 is 0 Å². The van der Waals surface area contributed by atoms with Crippen LogP contribution in [0.25, 0.3) is 0 Å². The van der Waals surface area contributed by atoms with Crippen molar-refractivity contribution < 1.29 is 0 Å². The zero-order chi connectivity index (χ0) is 9.84. The van der Waals surface area contributed by atoms with Gasteiger partial charge < -0.3 is 11.5 Å². The molecule has 1 aromatic carbocycles. The number of hydrogen-bond donors (Lipinski definition) is 2. The minimum Gasteiger partial charge on any atom is -0.399 e. The molecule has 0 radical (unpaired) electrons. The smallest absolute Gasteiger partial charge is 0.0995 e. The molecule has 66 valence electrons. The van der Waals surface area contributed by atoms with E-state index in [4.69, 9.17) is 16.7 Å². The number of nitrogen functional groups attached to an aromatic ring is 1. The molecule has 0 saturated heterocycles. The molecular formula is C10H11N3. The average molecular weight is 173 g/mol.